The Kier molecular flexibility index (Phi) is 6.69. The van der Waals surface area contributed by atoms with Crippen molar-refractivity contribution < 1.29 is 35.1 Å². The second kappa shape index (κ2) is 8.60. The zero-order chi connectivity index (χ0) is 26.2. The summed E-state index contributed by atoms with van der Waals surface area (Å²) in [5.74, 6) is -0.542. The molecular weight excluding hydrogens is 448 g/mol. The lowest BCUT2D eigenvalue weighted by molar-refractivity contribution is -0.183. The third-order valence-corrected chi connectivity index (χ3v) is 10.8. The molecule has 0 bridgehead atoms. The lowest BCUT2D eigenvalue weighted by Crippen LogP contribution is -2.63. The van der Waals surface area contributed by atoms with E-state index < -0.39 is 45.9 Å². The van der Waals surface area contributed by atoms with Crippen LogP contribution < -0.4 is 0 Å². The Bertz CT molecular complexity index is 875. The Morgan fingerprint density at radius 1 is 1.09 bits per heavy atom. The van der Waals surface area contributed by atoms with Gasteiger partial charge in [-0.25, -0.2) is 0 Å². The topological polar surface area (TPSA) is 127 Å². The average Bonchev–Trinajstić information content (AvgIpc) is 3.07. The number of carbonyl (C=O) groups is 1. The summed E-state index contributed by atoms with van der Waals surface area (Å²) in [4.78, 5) is 13.4. The molecule has 7 nitrogen and oxygen atoms in total. The second-order valence-electron chi connectivity index (χ2n) is 13.4. The SMILES string of the molecule is CO[C@@]12CC[C@H]([C@@](C)(O)C(O)CCC(C)(C)O)[C@@]1(C)CC[C@H]1C2=CC(=O)[C@@H]2C[C@@H](O)[C@@H](O)C[C@@]21C. The van der Waals surface area contributed by atoms with Gasteiger partial charge in [-0.05, 0) is 101 Å². The highest BCUT2D eigenvalue weighted by Gasteiger charge is 2.69. The number of ether oxygens (including phenoxy) is 1. The van der Waals surface area contributed by atoms with Gasteiger partial charge in [0.05, 0.1) is 35.1 Å². The van der Waals surface area contributed by atoms with E-state index in [9.17, 15) is 30.3 Å². The van der Waals surface area contributed by atoms with Crippen molar-refractivity contribution in [2.24, 2.45) is 28.6 Å². The Morgan fingerprint density at radius 2 is 1.74 bits per heavy atom. The van der Waals surface area contributed by atoms with Crippen LogP contribution >= 0.6 is 0 Å². The quantitative estimate of drug-likeness (QED) is 0.384. The zero-order valence-electron chi connectivity index (χ0n) is 22.3. The van der Waals surface area contributed by atoms with Crippen LogP contribution in [-0.4, -0.2) is 73.5 Å². The van der Waals surface area contributed by atoms with Crippen molar-refractivity contribution in [2.75, 3.05) is 7.11 Å². The molecule has 0 aliphatic heterocycles. The Morgan fingerprint density at radius 3 is 2.34 bits per heavy atom. The van der Waals surface area contributed by atoms with Crippen molar-refractivity contribution >= 4 is 5.78 Å². The molecule has 0 amide bonds. The second-order valence-corrected chi connectivity index (χ2v) is 13.4. The molecule has 0 saturated heterocycles. The summed E-state index contributed by atoms with van der Waals surface area (Å²) in [6.45, 7) is 9.30. The minimum atomic E-state index is -1.38. The van der Waals surface area contributed by atoms with E-state index in [0.717, 1.165) is 18.4 Å². The normalized spacial score (nSPS) is 46.2. The number of hydrogen-bond acceptors (Lipinski definition) is 7. The molecule has 10 atom stereocenters. The van der Waals surface area contributed by atoms with E-state index in [1.807, 2.05) is 0 Å². The van der Waals surface area contributed by atoms with Crippen LogP contribution in [0.2, 0.25) is 0 Å². The fourth-order valence-electron chi connectivity index (χ4n) is 8.75. The van der Waals surface area contributed by atoms with Gasteiger partial charge in [0.15, 0.2) is 5.78 Å². The number of ketones is 1. The van der Waals surface area contributed by atoms with Gasteiger partial charge in [-0.15, -0.1) is 0 Å². The van der Waals surface area contributed by atoms with Gasteiger partial charge in [0.1, 0.15) is 0 Å². The third-order valence-electron chi connectivity index (χ3n) is 10.8. The van der Waals surface area contributed by atoms with E-state index in [2.05, 4.69) is 13.8 Å². The summed E-state index contributed by atoms with van der Waals surface area (Å²) in [7, 11) is 1.68. The molecule has 0 heterocycles. The summed E-state index contributed by atoms with van der Waals surface area (Å²) in [5.41, 5.74) is -3.05. The number of aliphatic hydroxyl groups excluding tert-OH is 3. The molecule has 3 fully saturated rings. The smallest absolute Gasteiger partial charge is 0.159 e. The maximum absolute atomic E-state index is 13.4. The molecule has 0 aromatic carbocycles. The minimum absolute atomic E-state index is 0.00852. The summed E-state index contributed by atoms with van der Waals surface area (Å²) in [6, 6.07) is 0. The number of methoxy groups -OCH3 is 1. The van der Waals surface area contributed by atoms with Crippen LogP contribution in [0.1, 0.15) is 86.0 Å². The van der Waals surface area contributed by atoms with Crippen molar-refractivity contribution in [3.8, 4) is 0 Å². The van der Waals surface area contributed by atoms with Gasteiger partial charge in [0.25, 0.3) is 0 Å². The van der Waals surface area contributed by atoms with Crippen molar-refractivity contribution in [3.05, 3.63) is 11.6 Å². The van der Waals surface area contributed by atoms with Gasteiger partial charge in [0, 0.05) is 18.4 Å². The van der Waals surface area contributed by atoms with E-state index in [0.29, 0.717) is 25.7 Å². The molecule has 5 N–H and O–H groups in total. The standard InChI is InChI=1S/C28H46O7/c1-24(2,33)10-9-23(32)27(5,34)22-8-12-28(35-6)17-13-19(29)18-14-20(30)21(31)15-25(18,3)16(17)7-11-26(22,28)4/h13,16,18,20-23,30-34H,7-12,14-15H2,1-6H3/t16-,18-,20+,21-,22-,23?,25+,26+,27+,28+/m0/s1. The fraction of sp³-hybridized carbons (Fsp3) is 0.893. The van der Waals surface area contributed by atoms with Gasteiger partial charge in [0.2, 0.25) is 0 Å². The molecule has 3 saturated carbocycles. The highest BCUT2D eigenvalue weighted by molar-refractivity contribution is 5.95. The van der Waals surface area contributed by atoms with Crippen molar-refractivity contribution in [1.29, 1.82) is 0 Å². The predicted octanol–water partition coefficient (Wildman–Crippen LogP) is 2.51. The van der Waals surface area contributed by atoms with Crippen LogP contribution in [0.25, 0.3) is 0 Å². The number of allylic oxidation sites excluding steroid dienone is 1. The monoisotopic (exact) mass is 494 g/mol. The molecule has 1 unspecified atom stereocenters. The number of carbonyl (C=O) groups excluding carboxylic acids is 1. The van der Waals surface area contributed by atoms with Crippen LogP contribution in [0.15, 0.2) is 11.6 Å². The van der Waals surface area contributed by atoms with Crippen molar-refractivity contribution in [3.63, 3.8) is 0 Å². The van der Waals surface area contributed by atoms with Gasteiger partial charge in [-0.2, -0.15) is 0 Å². The molecule has 4 rings (SSSR count). The zero-order valence-corrected chi connectivity index (χ0v) is 22.3. The lowest BCUT2D eigenvalue weighted by Gasteiger charge is -2.61. The van der Waals surface area contributed by atoms with Gasteiger partial charge >= 0.3 is 0 Å². The van der Waals surface area contributed by atoms with E-state index in [1.54, 1.807) is 34.0 Å². The van der Waals surface area contributed by atoms with Gasteiger partial charge in [-0.1, -0.05) is 13.8 Å². The van der Waals surface area contributed by atoms with E-state index in [4.69, 9.17) is 4.74 Å². The number of hydrogen-bond donors (Lipinski definition) is 5. The van der Waals surface area contributed by atoms with Crippen molar-refractivity contribution in [1.82, 2.24) is 0 Å². The largest absolute Gasteiger partial charge is 0.390 e. The Balaban J connectivity index is 1.70. The van der Waals surface area contributed by atoms with Crippen LogP contribution in [0.5, 0.6) is 0 Å². The summed E-state index contributed by atoms with van der Waals surface area (Å²) in [6.07, 6.45) is 3.18. The maximum Gasteiger partial charge on any atom is 0.159 e. The number of aliphatic hydroxyl groups is 5. The number of rotatable bonds is 6. The highest BCUT2D eigenvalue weighted by Crippen LogP contribution is 2.69. The van der Waals surface area contributed by atoms with E-state index in [-0.39, 0.29) is 36.4 Å². The van der Waals surface area contributed by atoms with Crippen molar-refractivity contribution in [2.45, 2.75) is 121 Å². The summed E-state index contributed by atoms with van der Waals surface area (Å²) >= 11 is 0. The maximum atomic E-state index is 13.4. The molecule has 35 heavy (non-hydrogen) atoms. The first-order chi connectivity index (χ1) is 16.0. The number of fused-ring (bicyclic) bond motifs is 5. The first-order valence-electron chi connectivity index (χ1n) is 13.3. The summed E-state index contributed by atoms with van der Waals surface area (Å²) < 4.78 is 6.35. The Labute approximate surface area is 209 Å². The molecule has 0 aromatic heterocycles. The summed E-state index contributed by atoms with van der Waals surface area (Å²) in [5, 5.41) is 53.7. The highest BCUT2D eigenvalue weighted by atomic mass is 16.5. The molecule has 4 aliphatic rings. The molecule has 0 aromatic rings. The van der Waals surface area contributed by atoms with E-state index >= 15 is 0 Å². The van der Waals surface area contributed by atoms with Crippen LogP contribution in [-0.2, 0) is 9.53 Å². The molecular formula is C28H46O7. The average molecular weight is 495 g/mol. The van der Waals surface area contributed by atoms with Crippen LogP contribution in [0.3, 0.4) is 0 Å². The van der Waals surface area contributed by atoms with Gasteiger partial charge < -0.3 is 30.3 Å². The minimum Gasteiger partial charge on any atom is -0.390 e. The van der Waals surface area contributed by atoms with Gasteiger partial charge in [-0.3, -0.25) is 4.79 Å². The molecule has 0 radical (unpaired) electrons. The first kappa shape index (κ1) is 27.2. The molecule has 7 heteroatoms. The van der Waals surface area contributed by atoms with Crippen LogP contribution in [0, 0.1) is 28.6 Å². The van der Waals surface area contributed by atoms with Crippen LogP contribution in [0.4, 0.5) is 0 Å². The fourth-order valence-corrected chi connectivity index (χ4v) is 8.75. The van der Waals surface area contributed by atoms with E-state index in [1.165, 1.54) is 0 Å². The molecule has 0 spiro atoms. The predicted molar refractivity (Wildman–Crippen MR) is 131 cm³/mol. The lowest BCUT2D eigenvalue weighted by atomic mass is 9.45. The first-order valence-corrected chi connectivity index (χ1v) is 13.3. The third kappa shape index (κ3) is 3.96. The Hall–Kier alpha value is -0.830. The molecule has 200 valence electrons. The molecule has 4 aliphatic carbocycles.